The summed E-state index contributed by atoms with van der Waals surface area (Å²) in [4.78, 5) is 40.2. The minimum atomic E-state index is -0.140. The molecule has 3 rings (SSSR count). The second-order valence-electron chi connectivity index (χ2n) is 6.60. The number of pyridine rings is 1. The number of fused-ring (bicyclic) bond motifs is 1. The maximum Gasteiger partial charge on any atom is 0.259 e. The molecule has 3 aromatic rings. The average Bonchev–Trinajstić information content (AvgIpc) is 2.96. The van der Waals surface area contributed by atoms with Crippen molar-refractivity contribution >= 4 is 39.0 Å². The lowest BCUT2D eigenvalue weighted by atomic mass is 10.2. The first-order valence-electron chi connectivity index (χ1n) is 9.42. The van der Waals surface area contributed by atoms with Gasteiger partial charge in [0.25, 0.3) is 5.56 Å². The Balaban J connectivity index is 1.63. The fraction of sp³-hybridized carbons (Fsp3) is 0.400. The van der Waals surface area contributed by atoms with E-state index in [2.05, 4.69) is 39.0 Å². The topological polar surface area (TPSA) is 91.0 Å². The van der Waals surface area contributed by atoms with Crippen molar-refractivity contribution in [1.82, 2.24) is 15.0 Å². The van der Waals surface area contributed by atoms with Gasteiger partial charge in [0.15, 0.2) is 0 Å². The van der Waals surface area contributed by atoms with E-state index in [1.54, 1.807) is 6.20 Å². The van der Waals surface area contributed by atoms with E-state index in [-0.39, 0.29) is 17.9 Å². The molecule has 8 heteroatoms. The van der Waals surface area contributed by atoms with Crippen LogP contribution in [0.2, 0.25) is 0 Å². The highest BCUT2D eigenvalue weighted by molar-refractivity contribution is 7.18. The van der Waals surface area contributed by atoms with Gasteiger partial charge in [-0.2, -0.15) is 0 Å². The second-order valence-corrected chi connectivity index (χ2v) is 7.80. The minimum Gasteiger partial charge on any atom is -0.357 e. The van der Waals surface area contributed by atoms with Crippen molar-refractivity contribution in [2.75, 3.05) is 23.3 Å². The monoisotopic (exact) mass is 399 g/mol. The number of thiophene rings is 1. The molecule has 0 bridgehead atoms. The van der Waals surface area contributed by atoms with Crippen LogP contribution in [0.25, 0.3) is 10.2 Å². The van der Waals surface area contributed by atoms with Gasteiger partial charge in [-0.25, -0.2) is 9.97 Å². The minimum absolute atomic E-state index is 0.140. The summed E-state index contributed by atoms with van der Waals surface area (Å²) in [6.45, 7) is 9.83. The first-order valence-corrected chi connectivity index (χ1v) is 10.2. The summed E-state index contributed by atoms with van der Waals surface area (Å²) in [6.07, 6.45) is 2.27. The molecule has 0 aliphatic carbocycles. The number of carbonyl (C=O) groups excluding carboxylic acids is 1. The van der Waals surface area contributed by atoms with E-state index < -0.39 is 0 Å². The number of rotatable bonds is 7. The van der Waals surface area contributed by atoms with Crippen molar-refractivity contribution in [2.24, 2.45) is 0 Å². The number of anilines is 2. The first kappa shape index (κ1) is 20.0. The Morgan fingerprint density at radius 1 is 1.25 bits per heavy atom. The molecule has 0 fully saturated rings. The molecule has 0 spiro atoms. The van der Waals surface area contributed by atoms with Crippen molar-refractivity contribution in [2.45, 2.75) is 40.5 Å². The molecule has 0 saturated carbocycles. The highest BCUT2D eigenvalue weighted by Crippen LogP contribution is 2.25. The summed E-state index contributed by atoms with van der Waals surface area (Å²) in [5.41, 5.74) is 1.49. The number of hydrogen-bond donors (Lipinski definition) is 2. The summed E-state index contributed by atoms with van der Waals surface area (Å²) < 4.78 is 0. The zero-order valence-corrected chi connectivity index (χ0v) is 17.4. The number of nitrogens with zero attached hydrogens (tertiary/aromatic N) is 3. The number of nitrogens with one attached hydrogen (secondary N) is 2. The van der Waals surface area contributed by atoms with Crippen LogP contribution in [0.5, 0.6) is 0 Å². The number of H-pyrrole nitrogens is 1. The number of aromatic nitrogens is 3. The van der Waals surface area contributed by atoms with Crippen molar-refractivity contribution in [3.05, 3.63) is 44.9 Å². The number of aryl methyl sites for hydroxylation is 3. The third kappa shape index (κ3) is 4.22. The van der Waals surface area contributed by atoms with E-state index >= 15 is 0 Å². The fourth-order valence-electron chi connectivity index (χ4n) is 3.07. The lowest BCUT2D eigenvalue weighted by molar-refractivity contribution is -0.116. The van der Waals surface area contributed by atoms with Crippen LogP contribution in [0.3, 0.4) is 0 Å². The molecular weight excluding hydrogens is 374 g/mol. The first-order chi connectivity index (χ1) is 13.4. The van der Waals surface area contributed by atoms with Gasteiger partial charge in [0.1, 0.15) is 16.5 Å². The average molecular weight is 400 g/mol. The number of amides is 1. The SMILES string of the molecule is CCN(CC)c1ccc(NC(=O)CCc2nc3sc(C)c(C)c3c(=O)[nH]2)cn1. The Morgan fingerprint density at radius 2 is 2.00 bits per heavy atom. The molecule has 3 heterocycles. The van der Waals surface area contributed by atoms with Gasteiger partial charge in [0, 0.05) is 30.8 Å². The van der Waals surface area contributed by atoms with Crippen LogP contribution in [0.1, 0.15) is 36.5 Å². The van der Waals surface area contributed by atoms with Crippen molar-refractivity contribution < 1.29 is 4.79 Å². The van der Waals surface area contributed by atoms with Gasteiger partial charge in [-0.3, -0.25) is 9.59 Å². The van der Waals surface area contributed by atoms with Gasteiger partial charge in [-0.05, 0) is 45.4 Å². The summed E-state index contributed by atoms with van der Waals surface area (Å²) >= 11 is 1.51. The lowest BCUT2D eigenvalue weighted by Crippen LogP contribution is -2.23. The summed E-state index contributed by atoms with van der Waals surface area (Å²) in [5, 5.41) is 3.49. The Bertz CT molecular complexity index is 1040. The molecule has 0 saturated heterocycles. The van der Waals surface area contributed by atoms with Crippen LogP contribution < -0.4 is 15.8 Å². The van der Waals surface area contributed by atoms with Crippen LogP contribution in [-0.2, 0) is 11.2 Å². The molecule has 148 valence electrons. The van der Waals surface area contributed by atoms with Crippen LogP contribution in [-0.4, -0.2) is 33.9 Å². The Kier molecular flexibility index (Phi) is 6.08. The van der Waals surface area contributed by atoms with Gasteiger partial charge >= 0.3 is 0 Å². The van der Waals surface area contributed by atoms with Gasteiger partial charge < -0.3 is 15.2 Å². The molecule has 3 aromatic heterocycles. The number of aromatic amines is 1. The molecule has 0 aliphatic rings. The molecule has 0 aliphatic heterocycles. The number of carbonyl (C=O) groups is 1. The molecule has 0 aromatic carbocycles. The van der Waals surface area contributed by atoms with E-state index in [4.69, 9.17) is 0 Å². The normalized spacial score (nSPS) is 11.0. The van der Waals surface area contributed by atoms with Crippen molar-refractivity contribution in [1.29, 1.82) is 0 Å². The molecule has 0 radical (unpaired) electrons. The van der Waals surface area contributed by atoms with E-state index in [0.29, 0.717) is 23.3 Å². The number of hydrogen-bond acceptors (Lipinski definition) is 6. The Hall–Kier alpha value is -2.74. The molecule has 2 N–H and O–H groups in total. The maximum atomic E-state index is 12.3. The summed E-state index contributed by atoms with van der Waals surface area (Å²) in [5.74, 6) is 1.28. The second kappa shape index (κ2) is 8.52. The zero-order valence-electron chi connectivity index (χ0n) is 16.6. The molecule has 0 unspecified atom stereocenters. The molecule has 0 atom stereocenters. The Morgan fingerprint density at radius 3 is 2.64 bits per heavy atom. The standard InChI is InChI=1S/C20H25N5O2S/c1-5-25(6-2)16-9-7-14(11-21-16)22-17(26)10-8-15-23-19(27)18-12(3)13(4)28-20(18)24-15/h7,9,11H,5-6,8,10H2,1-4H3,(H,22,26)(H,23,24,27). The molecular formula is C20H25N5O2S. The maximum absolute atomic E-state index is 12.3. The van der Waals surface area contributed by atoms with E-state index in [1.807, 2.05) is 26.0 Å². The van der Waals surface area contributed by atoms with Gasteiger partial charge in [0.05, 0.1) is 17.3 Å². The van der Waals surface area contributed by atoms with Crippen molar-refractivity contribution in [3.8, 4) is 0 Å². The van der Waals surface area contributed by atoms with E-state index in [1.165, 1.54) is 11.3 Å². The highest BCUT2D eigenvalue weighted by Gasteiger charge is 2.13. The lowest BCUT2D eigenvalue weighted by Gasteiger charge is -2.19. The molecule has 7 nitrogen and oxygen atoms in total. The van der Waals surface area contributed by atoms with Crippen molar-refractivity contribution in [3.63, 3.8) is 0 Å². The quantitative estimate of drug-likeness (QED) is 0.635. The van der Waals surface area contributed by atoms with Crippen LogP contribution in [0.15, 0.2) is 23.1 Å². The summed E-state index contributed by atoms with van der Waals surface area (Å²) in [6, 6.07) is 3.75. The third-order valence-electron chi connectivity index (χ3n) is 4.80. The van der Waals surface area contributed by atoms with Crippen LogP contribution in [0, 0.1) is 13.8 Å². The van der Waals surface area contributed by atoms with E-state index in [0.717, 1.165) is 34.2 Å². The van der Waals surface area contributed by atoms with Gasteiger partial charge in [-0.15, -0.1) is 11.3 Å². The largest absolute Gasteiger partial charge is 0.357 e. The predicted octanol–water partition coefficient (Wildman–Crippen LogP) is 3.41. The van der Waals surface area contributed by atoms with Gasteiger partial charge in [0.2, 0.25) is 5.91 Å². The predicted molar refractivity (Wildman–Crippen MR) is 114 cm³/mol. The fourth-order valence-corrected chi connectivity index (χ4v) is 4.12. The molecule has 1 amide bonds. The molecule has 28 heavy (non-hydrogen) atoms. The van der Waals surface area contributed by atoms with Crippen LogP contribution >= 0.6 is 11.3 Å². The summed E-state index contributed by atoms with van der Waals surface area (Å²) in [7, 11) is 0. The zero-order chi connectivity index (χ0) is 20.3. The van der Waals surface area contributed by atoms with Crippen LogP contribution in [0.4, 0.5) is 11.5 Å². The van der Waals surface area contributed by atoms with Gasteiger partial charge in [-0.1, -0.05) is 0 Å². The van der Waals surface area contributed by atoms with E-state index in [9.17, 15) is 9.59 Å². The third-order valence-corrected chi connectivity index (χ3v) is 5.90. The smallest absolute Gasteiger partial charge is 0.259 e. The Labute approximate surface area is 167 Å². The highest BCUT2D eigenvalue weighted by atomic mass is 32.1.